The fourth-order valence-corrected chi connectivity index (χ4v) is 6.19. The summed E-state index contributed by atoms with van der Waals surface area (Å²) >= 11 is -1.07. The normalized spacial score (nSPS) is 24.1. The van der Waals surface area contributed by atoms with Gasteiger partial charge in [0.1, 0.15) is 5.76 Å². The number of rotatable bonds is 5. The zero-order valence-electron chi connectivity index (χ0n) is 18.5. The maximum Gasteiger partial charge on any atom is 0.174 e. The third-order valence-electron chi connectivity index (χ3n) is 6.98. The van der Waals surface area contributed by atoms with E-state index < -0.39 is 11.4 Å². The van der Waals surface area contributed by atoms with Gasteiger partial charge in [0.2, 0.25) is 0 Å². The van der Waals surface area contributed by atoms with Crippen LogP contribution in [-0.4, -0.2) is 53.1 Å². The number of benzene rings is 1. The lowest BCUT2D eigenvalue weighted by Crippen LogP contribution is -2.48. The summed E-state index contributed by atoms with van der Waals surface area (Å²) in [4.78, 5) is 3.59. The van der Waals surface area contributed by atoms with Crippen molar-refractivity contribution in [1.29, 1.82) is 0 Å². The van der Waals surface area contributed by atoms with Gasteiger partial charge in [-0.1, -0.05) is 13.0 Å². The lowest BCUT2D eigenvalue weighted by Gasteiger charge is -2.40. The first-order chi connectivity index (χ1) is 14.7. The Morgan fingerprint density at radius 3 is 2.37 bits per heavy atom. The van der Waals surface area contributed by atoms with E-state index in [2.05, 4.69) is 40.4 Å². The van der Waals surface area contributed by atoms with Crippen molar-refractivity contribution in [3.8, 4) is 0 Å². The summed E-state index contributed by atoms with van der Waals surface area (Å²) in [5.74, 6) is 1.83. The van der Waals surface area contributed by atoms with Crippen LogP contribution in [0.2, 0.25) is 0 Å². The minimum absolute atomic E-state index is 0.677. The number of likely N-dealkylation sites (tertiary alicyclic amines) is 1. The first-order valence-electron chi connectivity index (χ1n) is 11.6. The van der Waals surface area contributed by atoms with Gasteiger partial charge in [-0.25, -0.2) is 0 Å². The second kappa shape index (κ2) is 10.4. The molecule has 1 aromatic carbocycles. The van der Waals surface area contributed by atoms with Crippen LogP contribution in [0.15, 0.2) is 47.1 Å². The zero-order chi connectivity index (χ0) is 20.9. The average Bonchev–Trinajstić information content (AvgIpc) is 3.05. The Morgan fingerprint density at radius 1 is 1.00 bits per heavy atom. The van der Waals surface area contributed by atoms with E-state index >= 15 is 0 Å². The minimum Gasteiger partial charge on any atom is -0.593 e. The molecule has 2 aliphatic heterocycles. The number of allylic oxidation sites excluding steroid dienone is 3. The Morgan fingerprint density at radius 2 is 1.70 bits per heavy atom. The summed E-state index contributed by atoms with van der Waals surface area (Å²) in [6, 6.07) is 8.98. The quantitative estimate of drug-likeness (QED) is 0.619. The standard InChI is InChI=1S/C25H36N2O2S/c1-20-12-16-26(17-13-20)22-14-18-27(19-15-22)30(28)23-10-8-21(9-11-23)24-6-4-3-5-7-25(24)29-2/h5,7-11,20,22H,3-4,6,12-19H2,1-2H3. The van der Waals surface area contributed by atoms with Gasteiger partial charge in [0.05, 0.1) is 18.5 Å². The van der Waals surface area contributed by atoms with Crippen LogP contribution >= 0.6 is 0 Å². The van der Waals surface area contributed by atoms with Gasteiger partial charge in [-0.05, 0) is 99.9 Å². The SMILES string of the molecule is COC1=C(c2ccc([S+]([O-])N3CCC(N4CCC(C)CC4)CC3)cc2)CCCC=C1. The van der Waals surface area contributed by atoms with Crippen LogP contribution in [0.5, 0.6) is 0 Å². The molecule has 5 heteroatoms. The summed E-state index contributed by atoms with van der Waals surface area (Å²) in [5.41, 5.74) is 2.43. The average molecular weight is 429 g/mol. The van der Waals surface area contributed by atoms with Crippen molar-refractivity contribution in [1.82, 2.24) is 9.21 Å². The molecule has 0 N–H and O–H groups in total. The summed E-state index contributed by atoms with van der Waals surface area (Å²) < 4.78 is 20.9. The molecule has 4 nitrogen and oxygen atoms in total. The second-order valence-electron chi connectivity index (χ2n) is 8.99. The van der Waals surface area contributed by atoms with E-state index in [1.54, 1.807) is 7.11 Å². The van der Waals surface area contributed by atoms with Gasteiger partial charge in [-0.3, -0.25) is 0 Å². The van der Waals surface area contributed by atoms with E-state index in [1.807, 2.05) is 12.1 Å². The van der Waals surface area contributed by atoms with Crippen LogP contribution in [0.4, 0.5) is 0 Å². The predicted molar refractivity (Wildman–Crippen MR) is 124 cm³/mol. The van der Waals surface area contributed by atoms with Gasteiger partial charge >= 0.3 is 0 Å². The van der Waals surface area contributed by atoms with E-state index in [-0.39, 0.29) is 0 Å². The van der Waals surface area contributed by atoms with Crippen molar-refractivity contribution in [2.75, 3.05) is 33.3 Å². The van der Waals surface area contributed by atoms with E-state index in [0.29, 0.717) is 6.04 Å². The zero-order valence-corrected chi connectivity index (χ0v) is 19.3. The summed E-state index contributed by atoms with van der Waals surface area (Å²) in [5, 5.41) is 0. The van der Waals surface area contributed by atoms with E-state index in [9.17, 15) is 4.55 Å². The molecule has 0 spiro atoms. The van der Waals surface area contributed by atoms with Crippen molar-refractivity contribution < 1.29 is 9.29 Å². The minimum atomic E-state index is -1.07. The van der Waals surface area contributed by atoms with E-state index in [0.717, 1.165) is 61.8 Å². The van der Waals surface area contributed by atoms with Crippen LogP contribution in [0, 0.1) is 5.92 Å². The molecule has 0 amide bonds. The van der Waals surface area contributed by atoms with Gasteiger partial charge < -0.3 is 14.2 Å². The molecule has 0 bridgehead atoms. The molecule has 1 aliphatic carbocycles. The molecule has 0 radical (unpaired) electrons. The highest BCUT2D eigenvalue weighted by molar-refractivity contribution is 7.89. The molecule has 164 valence electrons. The Hall–Kier alpha value is -1.27. The highest BCUT2D eigenvalue weighted by Gasteiger charge is 2.32. The van der Waals surface area contributed by atoms with Gasteiger partial charge in [0.25, 0.3) is 0 Å². The smallest absolute Gasteiger partial charge is 0.174 e. The second-order valence-corrected chi connectivity index (χ2v) is 10.5. The van der Waals surface area contributed by atoms with Crippen molar-refractivity contribution in [2.24, 2.45) is 5.92 Å². The van der Waals surface area contributed by atoms with Gasteiger partial charge in [0.15, 0.2) is 4.90 Å². The van der Waals surface area contributed by atoms with Crippen LogP contribution in [0.3, 0.4) is 0 Å². The fourth-order valence-electron chi connectivity index (χ4n) is 4.98. The first kappa shape index (κ1) is 21.9. The molecule has 3 aliphatic rings. The number of piperidine rings is 2. The topological polar surface area (TPSA) is 38.8 Å². The number of hydrogen-bond donors (Lipinski definition) is 0. The monoisotopic (exact) mass is 428 g/mol. The molecule has 2 heterocycles. The van der Waals surface area contributed by atoms with Crippen LogP contribution in [-0.2, 0) is 16.1 Å². The van der Waals surface area contributed by atoms with E-state index in [4.69, 9.17) is 4.74 Å². The first-order valence-corrected chi connectivity index (χ1v) is 12.7. The Labute approximate surface area is 185 Å². The molecule has 0 saturated carbocycles. The largest absolute Gasteiger partial charge is 0.593 e. The highest BCUT2D eigenvalue weighted by atomic mass is 32.2. The number of nitrogens with zero attached hydrogens (tertiary/aromatic N) is 2. The van der Waals surface area contributed by atoms with Crippen molar-refractivity contribution in [3.63, 3.8) is 0 Å². The Balaban J connectivity index is 1.36. The summed E-state index contributed by atoms with van der Waals surface area (Å²) in [7, 11) is 1.74. The number of hydrogen-bond acceptors (Lipinski definition) is 4. The van der Waals surface area contributed by atoms with Crippen LogP contribution < -0.4 is 0 Å². The van der Waals surface area contributed by atoms with Crippen molar-refractivity contribution in [2.45, 2.75) is 62.8 Å². The van der Waals surface area contributed by atoms with Crippen molar-refractivity contribution >= 4 is 16.9 Å². The molecule has 2 fully saturated rings. The molecule has 2 saturated heterocycles. The third-order valence-corrected chi connectivity index (χ3v) is 8.49. The Bertz CT molecular complexity index is 745. The van der Waals surface area contributed by atoms with Crippen LogP contribution in [0.1, 0.15) is 57.4 Å². The molecule has 1 aromatic rings. The van der Waals surface area contributed by atoms with Gasteiger partial charge in [-0.2, -0.15) is 0 Å². The van der Waals surface area contributed by atoms with Gasteiger partial charge in [0, 0.05) is 24.7 Å². The summed E-state index contributed by atoms with van der Waals surface area (Å²) in [6.45, 7) is 6.70. The summed E-state index contributed by atoms with van der Waals surface area (Å²) in [6.07, 6.45) is 12.4. The Kier molecular flexibility index (Phi) is 7.58. The lowest BCUT2D eigenvalue weighted by molar-refractivity contribution is 0.101. The maximum absolute atomic E-state index is 13.2. The highest BCUT2D eigenvalue weighted by Crippen LogP contribution is 2.31. The fraction of sp³-hybridized carbons (Fsp3) is 0.600. The maximum atomic E-state index is 13.2. The molecule has 0 aromatic heterocycles. The number of methoxy groups -OCH3 is 1. The van der Waals surface area contributed by atoms with Crippen LogP contribution in [0.25, 0.3) is 5.57 Å². The lowest BCUT2D eigenvalue weighted by atomic mass is 9.95. The van der Waals surface area contributed by atoms with E-state index in [1.165, 1.54) is 37.1 Å². The number of ether oxygens (including phenoxy) is 1. The molecular weight excluding hydrogens is 392 g/mol. The third kappa shape index (κ3) is 5.13. The molecule has 1 unspecified atom stereocenters. The molecule has 1 atom stereocenters. The predicted octanol–water partition coefficient (Wildman–Crippen LogP) is 5.00. The van der Waals surface area contributed by atoms with Crippen molar-refractivity contribution in [3.05, 3.63) is 47.7 Å². The molecular formula is C25H36N2O2S. The molecule has 30 heavy (non-hydrogen) atoms. The van der Waals surface area contributed by atoms with Gasteiger partial charge in [-0.15, -0.1) is 4.31 Å². The molecule has 4 rings (SSSR count).